The van der Waals surface area contributed by atoms with Gasteiger partial charge in [0, 0.05) is 13.5 Å². The molecule has 0 spiro atoms. The minimum absolute atomic E-state index is 0.118. The van der Waals surface area contributed by atoms with Crippen molar-refractivity contribution >= 4 is 11.8 Å². The molecule has 2 aromatic carbocycles. The number of rotatable bonds is 4. The van der Waals surface area contributed by atoms with Gasteiger partial charge in [0.1, 0.15) is 11.7 Å². The Balaban J connectivity index is 1.94. The summed E-state index contributed by atoms with van der Waals surface area (Å²) in [4.78, 5) is 29.1. The Hall–Kier alpha value is -2.66. The highest BCUT2D eigenvalue weighted by Crippen LogP contribution is 2.34. The lowest BCUT2D eigenvalue weighted by Gasteiger charge is -2.38. The molecular formula is C21H24N2O3. The third-order valence-electron chi connectivity index (χ3n) is 5.20. The van der Waals surface area contributed by atoms with Gasteiger partial charge < -0.3 is 14.9 Å². The maximum atomic E-state index is 13.2. The van der Waals surface area contributed by atoms with E-state index in [-0.39, 0.29) is 5.91 Å². The first-order chi connectivity index (χ1) is 12.3. The number of hydrogen-bond acceptors (Lipinski definition) is 3. The molecule has 2 amide bonds. The van der Waals surface area contributed by atoms with E-state index in [9.17, 15) is 14.7 Å². The van der Waals surface area contributed by atoms with Crippen molar-refractivity contribution in [3.63, 3.8) is 0 Å². The lowest BCUT2D eigenvalue weighted by molar-refractivity contribution is -0.149. The number of carbonyl (C=O) groups is 2. The van der Waals surface area contributed by atoms with Crippen LogP contribution in [0.2, 0.25) is 0 Å². The van der Waals surface area contributed by atoms with Crippen LogP contribution in [-0.4, -0.2) is 45.5 Å². The van der Waals surface area contributed by atoms with E-state index in [0.29, 0.717) is 12.0 Å². The number of aliphatic hydroxyl groups excluding tert-OH is 1. The summed E-state index contributed by atoms with van der Waals surface area (Å²) in [6.07, 6.45) is -0.881. The first kappa shape index (κ1) is 18.1. The van der Waals surface area contributed by atoms with Crippen LogP contribution >= 0.6 is 0 Å². The van der Waals surface area contributed by atoms with Crippen molar-refractivity contribution in [2.45, 2.75) is 38.1 Å². The molecule has 0 saturated carbocycles. The number of nitrogens with zero attached hydrogens (tertiary/aromatic N) is 2. The molecule has 3 rings (SSSR count). The molecule has 2 aromatic rings. The van der Waals surface area contributed by atoms with Gasteiger partial charge in [0.2, 0.25) is 5.91 Å². The van der Waals surface area contributed by atoms with Crippen molar-refractivity contribution in [1.29, 1.82) is 0 Å². The van der Waals surface area contributed by atoms with Crippen molar-refractivity contribution in [3.05, 3.63) is 71.8 Å². The molecule has 2 atom stereocenters. The monoisotopic (exact) mass is 352 g/mol. The molecule has 136 valence electrons. The topological polar surface area (TPSA) is 60.9 Å². The number of aliphatic hydroxyl groups is 1. The van der Waals surface area contributed by atoms with Gasteiger partial charge in [0.25, 0.3) is 5.91 Å². The first-order valence-corrected chi connectivity index (χ1v) is 8.72. The fourth-order valence-electron chi connectivity index (χ4n) is 3.50. The standard InChI is InChI=1S/C21H24N2O3/c1-21(2)22(3)19(25)17(14-15-10-6-4-7-11-15)23(21)20(26)18(24)16-12-8-5-9-13-16/h4-13,17-18,24H,14H2,1-3H3/t17-,18+/m0/s1. The van der Waals surface area contributed by atoms with E-state index < -0.39 is 23.7 Å². The number of likely N-dealkylation sites (N-methyl/N-ethyl adjacent to an activating group) is 1. The van der Waals surface area contributed by atoms with Gasteiger partial charge in [-0.2, -0.15) is 0 Å². The van der Waals surface area contributed by atoms with Crippen LogP contribution in [0.4, 0.5) is 0 Å². The zero-order valence-corrected chi connectivity index (χ0v) is 15.3. The maximum Gasteiger partial charge on any atom is 0.258 e. The molecule has 0 unspecified atom stereocenters. The Morgan fingerprint density at radius 1 is 1.08 bits per heavy atom. The van der Waals surface area contributed by atoms with Crippen molar-refractivity contribution in [2.24, 2.45) is 0 Å². The van der Waals surface area contributed by atoms with Gasteiger partial charge >= 0.3 is 0 Å². The summed E-state index contributed by atoms with van der Waals surface area (Å²) in [5.41, 5.74) is 0.682. The predicted molar refractivity (Wildman–Crippen MR) is 99.0 cm³/mol. The summed E-state index contributed by atoms with van der Waals surface area (Å²) in [6.45, 7) is 3.65. The molecule has 1 heterocycles. The summed E-state index contributed by atoms with van der Waals surface area (Å²) in [6, 6.07) is 17.8. The van der Waals surface area contributed by atoms with Crippen LogP contribution in [0.1, 0.15) is 31.1 Å². The minimum atomic E-state index is -1.30. The molecule has 5 heteroatoms. The molecule has 0 bridgehead atoms. The zero-order chi connectivity index (χ0) is 18.9. The van der Waals surface area contributed by atoms with Gasteiger partial charge in [-0.3, -0.25) is 9.59 Å². The fourth-order valence-corrected chi connectivity index (χ4v) is 3.50. The Kier molecular flexibility index (Phi) is 4.83. The Bertz CT molecular complexity index is 789. The molecule has 26 heavy (non-hydrogen) atoms. The highest BCUT2D eigenvalue weighted by atomic mass is 16.3. The van der Waals surface area contributed by atoms with Crippen LogP contribution in [0, 0.1) is 0 Å². The van der Waals surface area contributed by atoms with E-state index in [1.807, 2.05) is 50.2 Å². The van der Waals surface area contributed by atoms with Gasteiger partial charge in [-0.25, -0.2) is 0 Å². The second-order valence-electron chi connectivity index (χ2n) is 7.12. The van der Waals surface area contributed by atoms with Crippen molar-refractivity contribution in [3.8, 4) is 0 Å². The Morgan fingerprint density at radius 3 is 2.19 bits per heavy atom. The molecule has 5 nitrogen and oxygen atoms in total. The SMILES string of the molecule is CN1C(=O)[C@H](Cc2ccccc2)N(C(=O)[C@H](O)c2ccccc2)C1(C)C. The second kappa shape index (κ2) is 6.92. The molecule has 1 fully saturated rings. The van der Waals surface area contributed by atoms with Crippen LogP contribution in [0.3, 0.4) is 0 Å². The third kappa shape index (κ3) is 3.10. The van der Waals surface area contributed by atoms with Crippen LogP contribution in [0.25, 0.3) is 0 Å². The highest BCUT2D eigenvalue weighted by molar-refractivity contribution is 5.94. The van der Waals surface area contributed by atoms with E-state index >= 15 is 0 Å². The lowest BCUT2D eigenvalue weighted by atomic mass is 10.0. The molecule has 0 aliphatic carbocycles. The van der Waals surface area contributed by atoms with Crippen LogP contribution in [-0.2, 0) is 16.0 Å². The van der Waals surface area contributed by atoms with E-state index in [4.69, 9.17) is 0 Å². The molecule has 1 N–H and O–H groups in total. The van der Waals surface area contributed by atoms with E-state index in [1.165, 1.54) is 4.90 Å². The molecule has 1 saturated heterocycles. The Labute approximate surface area is 153 Å². The van der Waals surface area contributed by atoms with Gasteiger partial charge in [-0.15, -0.1) is 0 Å². The number of benzene rings is 2. The predicted octanol–water partition coefficient (Wildman–Crippen LogP) is 2.37. The summed E-state index contributed by atoms with van der Waals surface area (Å²) >= 11 is 0. The van der Waals surface area contributed by atoms with Crippen LogP contribution < -0.4 is 0 Å². The van der Waals surface area contributed by atoms with E-state index in [2.05, 4.69) is 0 Å². The summed E-state index contributed by atoms with van der Waals surface area (Å²) in [5, 5.41) is 10.6. The molecule has 0 radical (unpaired) electrons. The normalized spacial score (nSPS) is 20.3. The first-order valence-electron chi connectivity index (χ1n) is 8.72. The van der Waals surface area contributed by atoms with Gasteiger partial charge in [-0.1, -0.05) is 60.7 Å². The number of carbonyl (C=O) groups excluding carboxylic acids is 2. The maximum absolute atomic E-state index is 13.2. The third-order valence-corrected chi connectivity index (χ3v) is 5.20. The van der Waals surface area contributed by atoms with Crippen LogP contribution in [0.15, 0.2) is 60.7 Å². The van der Waals surface area contributed by atoms with E-state index in [0.717, 1.165) is 5.56 Å². The highest BCUT2D eigenvalue weighted by Gasteiger charge is 2.52. The minimum Gasteiger partial charge on any atom is -0.378 e. The fraction of sp³-hybridized carbons (Fsp3) is 0.333. The zero-order valence-electron chi connectivity index (χ0n) is 15.3. The molecule has 0 aromatic heterocycles. The number of amides is 2. The average molecular weight is 352 g/mol. The van der Waals surface area contributed by atoms with Crippen molar-refractivity contribution < 1.29 is 14.7 Å². The van der Waals surface area contributed by atoms with Crippen LogP contribution in [0.5, 0.6) is 0 Å². The largest absolute Gasteiger partial charge is 0.378 e. The molecule has 1 aliphatic rings. The second-order valence-corrected chi connectivity index (χ2v) is 7.12. The average Bonchev–Trinajstić information content (AvgIpc) is 2.82. The summed E-state index contributed by atoms with van der Waals surface area (Å²) in [5.74, 6) is -0.577. The lowest BCUT2D eigenvalue weighted by Crippen LogP contribution is -2.53. The molecule has 1 aliphatic heterocycles. The van der Waals surface area contributed by atoms with E-state index in [1.54, 1.807) is 36.2 Å². The summed E-state index contributed by atoms with van der Waals surface area (Å²) in [7, 11) is 1.70. The quantitative estimate of drug-likeness (QED) is 0.919. The van der Waals surface area contributed by atoms with Gasteiger partial charge in [0.05, 0.1) is 0 Å². The van der Waals surface area contributed by atoms with Gasteiger partial charge in [0.15, 0.2) is 6.10 Å². The Morgan fingerprint density at radius 2 is 1.62 bits per heavy atom. The summed E-state index contributed by atoms with van der Waals surface area (Å²) < 4.78 is 0. The smallest absolute Gasteiger partial charge is 0.258 e. The van der Waals surface area contributed by atoms with Gasteiger partial charge in [-0.05, 0) is 25.0 Å². The number of hydrogen-bond donors (Lipinski definition) is 1. The van der Waals surface area contributed by atoms with Crippen molar-refractivity contribution in [1.82, 2.24) is 9.80 Å². The van der Waals surface area contributed by atoms with Crippen molar-refractivity contribution in [2.75, 3.05) is 7.05 Å². The molecular weight excluding hydrogens is 328 g/mol.